The van der Waals surface area contributed by atoms with Crippen molar-refractivity contribution in [2.24, 2.45) is 7.05 Å². The molecule has 0 radical (unpaired) electrons. The molecule has 0 spiro atoms. The number of hydrogen-bond acceptors (Lipinski definition) is 3. The van der Waals surface area contributed by atoms with E-state index in [0.29, 0.717) is 17.3 Å². The van der Waals surface area contributed by atoms with E-state index in [1.54, 1.807) is 7.05 Å². The maximum Gasteiger partial charge on any atom is 0.264 e. The normalized spacial score (nSPS) is 14.7. The van der Waals surface area contributed by atoms with E-state index in [0.717, 1.165) is 5.56 Å². The van der Waals surface area contributed by atoms with Gasteiger partial charge in [0.25, 0.3) is 5.91 Å². The Kier molecular flexibility index (Phi) is 5.30. The number of hydrogen-bond donors (Lipinski definition) is 3. The standard InChI is InChI=1S/C24H26N2O3/c1-26-21(18-10-6-3-7-11-18)22(27)20(24(26)29)23(28)25-19-14-12-17(13-15-19)16-8-4-2-5-9-16/h3,6-7,10-16,27,29H,2,4-5,8-9H2,1H3,(H,25,28). The van der Waals surface area contributed by atoms with Crippen LogP contribution in [0.4, 0.5) is 5.69 Å². The van der Waals surface area contributed by atoms with E-state index >= 15 is 0 Å². The van der Waals surface area contributed by atoms with Crippen molar-refractivity contribution < 1.29 is 15.0 Å². The van der Waals surface area contributed by atoms with Crippen molar-refractivity contribution in [2.45, 2.75) is 38.0 Å². The quantitative estimate of drug-likeness (QED) is 0.558. The first-order valence-corrected chi connectivity index (χ1v) is 10.1. The molecule has 0 atom stereocenters. The topological polar surface area (TPSA) is 74.5 Å². The number of anilines is 1. The maximum absolute atomic E-state index is 12.8. The fourth-order valence-corrected chi connectivity index (χ4v) is 4.26. The van der Waals surface area contributed by atoms with Crippen LogP contribution in [0.3, 0.4) is 0 Å². The summed E-state index contributed by atoms with van der Waals surface area (Å²) in [5.41, 5.74) is 2.94. The second-order valence-electron chi connectivity index (χ2n) is 7.73. The van der Waals surface area contributed by atoms with Gasteiger partial charge < -0.3 is 20.1 Å². The second kappa shape index (κ2) is 8.03. The first-order valence-electron chi connectivity index (χ1n) is 10.1. The summed E-state index contributed by atoms with van der Waals surface area (Å²) in [7, 11) is 1.62. The fraction of sp³-hybridized carbons (Fsp3) is 0.292. The minimum atomic E-state index is -0.539. The first kappa shape index (κ1) is 19.1. The highest BCUT2D eigenvalue weighted by Crippen LogP contribution is 2.40. The Morgan fingerprint density at radius 3 is 2.28 bits per heavy atom. The van der Waals surface area contributed by atoms with Crippen molar-refractivity contribution in [1.29, 1.82) is 0 Å². The van der Waals surface area contributed by atoms with Crippen molar-refractivity contribution in [3.05, 3.63) is 65.7 Å². The molecule has 1 aliphatic carbocycles. The van der Waals surface area contributed by atoms with Crippen molar-refractivity contribution in [1.82, 2.24) is 4.57 Å². The maximum atomic E-state index is 12.8. The number of rotatable bonds is 4. The first-order chi connectivity index (χ1) is 14.1. The molecule has 0 bridgehead atoms. The van der Waals surface area contributed by atoms with Crippen LogP contribution in [0.5, 0.6) is 11.6 Å². The highest BCUT2D eigenvalue weighted by molar-refractivity contribution is 6.09. The number of carbonyl (C=O) groups is 1. The van der Waals surface area contributed by atoms with Crippen LogP contribution in [-0.2, 0) is 7.05 Å². The zero-order valence-electron chi connectivity index (χ0n) is 16.6. The van der Waals surface area contributed by atoms with Gasteiger partial charge in [0.2, 0.25) is 5.88 Å². The molecule has 3 aromatic rings. The lowest BCUT2D eigenvalue weighted by molar-refractivity contribution is 0.102. The van der Waals surface area contributed by atoms with Crippen LogP contribution in [0.15, 0.2) is 54.6 Å². The Hall–Kier alpha value is -3.21. The van der Waals surface area contributed by atoms with E-state index < -0.39 is 5.91 Å². The van der Waals surface area contributed by atoms with E-state index in [1.807, 2.05) is 42.5 Å². The molecule has 5 nitrogen and oxygen atoms in total. The molecular formula is C24H26N2O3. The third kappa shape index (κ3) is 3.73. The van der Waals surface area contributed by atoms with Gasteiger partial charge in [0, 0.05) is 18.3 Å². The van der Waals surface area contributed by atoms with Crippen LogP contribution < -0.4 is 5.32 Å². The van der Waals surface area contributed by atoms with E-state index in [1.165, 1.54) is 42.2 Å². The predicted molar refractivity (Wildman–Crippen MR) is 114 cm³/mol. The highest BCUT2D eigenvalue weighted by Gasteiger charge is 2.27. The minimum Gasteiger partial charge on any atom is -0.505 e. The Labute approximate surface area is 170 Å². The van der Waals surface area contributed by atoms with Gasteiger partial charge in [-0.3, -0.25) is 4.79 Å². The molecular weight excluding hydrogens is 364 g/mol. The molecule has 1 aromatic heterocycles. The summed E-state index contributed by atoms with van der Waals surface area (Å²) >= 11 is 0. The number of benzene rings is 2. The molecule has 0 unspecified atom stereocenters. The molecule has 1 amide bonds. The van der Waals surface area contributed by atoms with Crippen LogP contribution >= 0.6 is 0 Å². The van der Waals surface area contributed by atoms with Crippen molar-refractivity contribution in [3.8, 4) is 22.9 Å². The van der Waals surface area contributed by atoms with Crippen molar-refractivity contribution in [3.63, 3.8) is 0 Å². The Morgan fingerprint density at radius 1 is 0.966 bits per heavy atom. The Balaban J connectivity index is 1.56. The largest absolute Gasteiger partial charge is 0.505 e. The van der Waals surface area contributed by atoms with Gasteiger partial charge in [-0.05, 0) is 36.5 Å². The number of carbonyl (C=O) groups excluding carboxylic acids is 1. The molecule has 150 valence electrons. The zero-order chi connectivity index (χ0) is 20.4. The van der Waals surface area contributed by atoms with Crippen LogP contribution in [0.25, 0.3) is 11.3 Å². The van der Waals surface area contributed by atoms with Crippen molar-refractivity contribution >= 4 is 11.6 Å². The van der Waals surface area contributed by atoms with Crippen LogP contribution in [0.1, 0.15) is 53.9 Å². The second-order valence-corrected chi connectivity index (χ2v) is 7.73. The molecule has 3 N–H and O–H groups in total. The van der Waals surface area contributed by atoms with E-state index in [9.17, 15) is 15.0 Å². The Morgan fingerprint density at radius 2 is 1.62 bits per heavy atom. The number of nitrogens with one attached hydrogen (secondary N) is 1. The fourth-order valence-electron chi connectivity index (χ4n) is 4.26. The molecule has 0 aliphatic heterocycles. The van der Waals surface area contributed by atoms with Gasteiger partial charge in [0.1, 0.15) is 5.56 Å². The summed E-state index contributed by atoms with van der Waals surface area (Å²) in [5.74, 6) is -0.433. The number of nitrogens with zero attached hydrogens (tertiary/aromatic N) is 1. The summed E-state index contributed by atoms with van der Waals surface area (Å²) in [6.07, 6.45) is 6.32. The summed E-state index contributed by atoms with van der Waals surface area (Å²) < 4.78 is 1.42. The summed E-state index contributed by atoms with van der Waals surface area (Å²) in [6.45, 7) is 0. The SMILES string of the molecule is Cn1c(O)c(C(=O)Nc2ccc(C3CCCCC3)cc2)c(O)c1-c1ccccc1. The van der Waals surface area contributed by atoms with E-state index in [-0.39, 0.29) is 17.2 Å². The predicted octanol–water partition coefficient (Wildman–Crippen LogP) is 5.40. The highest BCUT2D eigenvalue weighted by atomic mass is 16.3. The molecule has 0 saturated heterocycles. The molecule has 5 heteroatoms. The monoisotopic (exact) mass is 390 g/mol. The van der Waals surface area contributed by atoms with Crippen LogP contribution in [0.2, 0.25) is 0 Å². The van der Waals surface area contributed by atoms with Crippen molar-refractivity contribution in [2.75, 3.05) is 5.32 Å². The number of aromatic hydroxyl groups is 2. The van der Waals surface area contributed by atoms with Gasteiger partial charge in [-0.1, -0.05) is 61.7 Å². The lowest BCUT2D eigenvalue weighted by Crippen LogP contribution is -2.12. The summed E-state index contributed by atoms with van der Waals surface area (Å²) in [4.78, 5) is 12.8. The van der Waals surface area contributed by atoms with Gasteiger partial charge >= 0.3 is 0 Å². The summed E-state index contributed by atoms with van der Waals surface area (Å²) in [5, 5.41) is 23.9. The third-order valence-corrected chi connectivity index (χ3v) is 5.86. The van der Waals surface area contributed by atoms with Crippen LogP contribution in [-0.4, -0.2) is 20.7 Å². The zero-order valence-corrected chi connectivity index (χ0v) is 16.6. The average Bonchev–Trinajstić information content (AvgIpc) is 2.98. The molecule has 1 fully saturated rings. The molecule has 1 saturated carbocycles. The number of aromatic nitrogens is 1. The molecule has 1 aliphatic rings. The molecule has 1 heterocycles. The van der Waals surface area contributed by atoms with Gasteiger partial charge in [-0.15, -0.1) is 0 Å². The minimum absolute atomic E-state index is 0.122. The molecule has 2 aromatic carbocycles. The average molecular weight is 390 g/mol. The lowest BCUT2D eigenvalue weighted by atomic mass is 9.84. The van der Waals surface area contributed by atoms with E-state index in [4.69, 9.17) is 0 Å². The lowest BCUT2D eigenvalue weighted by Gasteiger charge is -2.22. The van der Waals surface area contributed by atoms with Crippen LogP contribution in [0, 0.1) is 0 Å². The van der Waals surface area contributed by atoms with Gasteiger partial charge in [0.05, 0.1) is 5.69 Å². The van der Waals surface area contributed by atoms with E-state index in [2.05, 4.69) is 17.4 Å². The molecule has 4 rings (SSSR count). The van der Waals surface area contributed by atoms with Gasteiger partial charge in [0.15, 0.2) is 5.75 Å². The smallest absolute Gasteiger partial charge is 0.264 e. The van der Waals surface area contributed by atoms with Gasteiger partial charge in [-0.2, -0.15) is 0 Å². The number of amides is 1. The third-order valence-electron chi connectivity index (χ3n) is 5.86. The molecule has 29 heavy (non-hydrogen) atoms. The Bertz CT molecular complexity index is 1000. The summed E-state index contributed by atoms with van der Waals surface area (Å²) in [6, 6.07) is 17.1. The van der Waals surface area contributed by atoms with Gasteiger partial charge in [-0.25, -0.2) is 0 Å².